The number of benzene rings is 1. The van der Waals surface area contributed by atoms with Crippen molar-refractivity contribution in [3.05, 3.63) is 34.1 Å². The fourth-order valence-electron chi connectivity index (χ4n) is 1.03. The van der Waals surface area contributed by atoms with Crippen LogP contribution in [0.5, 0.6) is 0 Å². The highest BCUT2D eigenvalue weighted by Crippen LogP contribution is 2.16. The van der Waals surface area contributed by atoms with Crippen molar-refractivity contribution in [1.82, 2.24) is 5.32 Å². The van der Waals surface area contributed by atoms with Crippen molar-refractivity contribution < 1.29 is 4.39 Å². The minimum atomic E-state index is -0.232. The summed E-state index contributed by atoms with van der Waals surface area (Å²) < 4.78 is 13.6. The van der Waals surface area contributed by atoms with E-state index in [1.165, 1.54) is 6.07 Å². The summed E-state index contributed by atoms with van der Waals surface area (Å²) in [6, 6.07) is 5.35. The van der Waals surface area contributed by atoms with Crippen LogP contribution in [0.4, 0.5) is 4.39 Å². The van der Waals surface area contributed by atoms with Crippen LogP contribution < -0.4 is 11.1 Å². The summed E-state index contributed by atoms with van der Waals surface area (Å²) in [6.07, 6.45) is 0. The second kappa shape index (κ2) is 5.44. The average molecular weight is 261 g/mol. The molecule has 0 aliphatic carbocycles. The standard InChI is InChI=1S/C10H14BrFN2/c1-7(5-13)14-6-8-2-3-9(11)10(12)4-8/h2-4,7,14H,5-6,13H2,1H3/t7-/m0/s1. The Hall–Kier alpha value is -0.450. The number of halogens is 2. The van der Waals surface area contributed by atoms with Crippen molar-refractivity contribution in [2.75, 3.05) is 6.54 Å². The highest BCUT2D eigenvalue weighted by molar-refractivity contribution is 9.10. The average Bonchev–Trinajstić information content (AvgIpc) is 2.19. The molecule has 0 aliphatic rings. The van der Waals surface area contributed by atoms with E-state index in [0.29, 0.717) is 17.6 Å². The molecule has 0 spiro atoms. The number of hydrogen-bond donors (Lipinski definition) is 2. The Bertz CT molecular complexity index is 304. The molecule has 0 amide bonds. The molecule has 0 aromatic heterocycles. The molecule has 0 saturated heterocycles. The van der Waals surface area contributed by atoms with Crippen LogP contribution in [-0.4, -0.2) is 12.6 Å². The van der Waals surface area contributed by atoms with Crippen molar-refractivity contribution >= 4 is 15.9 Å². The van der Waals surface area contributed by atoms with Crippen LogP contribution in [-0.2, 0) is 6.54 Å². The van der Waals surface area contributed by atoms with Gasteiger partial charge < -0.3 is 11.1 Å². The monoisotopic (exact) mass is 260 g/mol. The number of rotatable bonds is 4. The van der Waals surface area contributed by atoms with Crippen LogP contribution in [0.25, 0.3) is 0 Å². The summed E-state index contributed by atoms with van der Waals surface area (Å²) in [5, 5.41) is 3.19. The van der Waals surface area contributed by atoms with Crippen molar-refractivity contribution in [2.24, 2.45) is 5.73 Å². The maximum absolute atomic E-state index is 13.1. The molecular formula is C10H14BrFN2. The first kappa shape index (κ1) is 11.6. The van der Waals surface area contributed by atoms with E-state index in [9.17, 15) is 4.39 Å². The fourth-order valence-corrected chi connectivity index (χ4v) is 1.27. The highest BCUT2D eigenvalue weighted by Gasteiger charge is 2.02. The van der Waals surface area contributed by atoms with Gasteiger partial charge in [0.25, 0.3) is 0 Å². The van der Waals surface area contributed by atoms with Gasteiger partial charge in [-0.1, -0.05) is 6.07 Å². The van der Waals surface area contributed by atoms with Crippen LogP contribution in [0.3, 0.4) is 0 Å². The molecule has 4 heteroatoms. The lowest BCUT2D eigenvalue weighted by Gasteiger charge is -2.11. The largest absolute Gasteiger partial charge is 0.329 e. The van der Waals surface area contributed by atoms with Crippen molar-refractivity contribution in [2.45, 2.75) is 19.5 Å². The van der Waals surface area contributed by atoms with E-state index < -0.39 is 0 Å². The number of hydrogen-bond acceptors (Lipinski definition) is 2. The summed E-state index contributed by atoms with van der Waals surface area (Å²) in [6.45, 7) is 3.22. The van der Waals surface area contributed by atoms with E-state index in [4.69, 9.17) is 5.73 Å². The molecule has 0 saturated carbocycles. The van der Waals surface area contributed by atoms with Crippen LogP contribution >= 0.6 is 15.9 Å². The van der Waals surface area contributed by atoms with E-state index in [1.807, 2.05) is 13.0 Å². The molecule has 0 aliphatic heterocycles. The third-order valence-corrected chi connectivity index (χ3v) is 2.64. The molecule has 2 nitrogen and oxygen atoms in total. The summed E-state index contributed by atoms with van der Waals surface area (Å²) in [7, 11) is 0. The van der Waals surface area contributed by atoms with E-state index in [0.717, 1.165) is 5.56 Å². The molecule has 1 atom stereocenters. The zero-order chi connectivity index (χ0) is 10.6. The minimum Gasteiger partial charge on any atom is -0.329 e. The molecule has 0 radical (unpaired) electrons. The summed E-state index contributed by atoms with van der Waals surface area (Å²) in [5.74, 6) is -0.232. The Labute approximate surface area is 91.8 Å². The van der Waals surface area contributed by atoms with Gasteiger partial charge in [0, 0.05) is 19.1 Å². The lowest BCUT2D eigenvalue weighted by atomic mass is 10.2. The van der Waals surface area contributed by atoms with Crippen LogP contribution in [0.2, 0.25) is 0 Å². The topological polar surface area (TPSA) is 38.0 Å². The lowest BCUT2D eigenvalue weighted by molar-refractivity contribution is 0.552. The molecule has 1 aromatic carbocycles. The first-order chi connectivity index (χ1) is 6.63. The maximum atomic E-state index is 13.1. The summed E-state index contributed by atoms with van der Waals surface area (Å²) in [5.41, 5.74) is 6.37. The first-order valence-electron chi connectivity index (χ1n) is 4.51. The van der Waals surface area contributed by atoms with E-state index in [-0.39, 0.29) is 11.9 Å². The Kier molecular flexibility index (Phi) is 4.51. The predicted octanol–water partition coefficient (Wildman–Crippen LogP) is 2.03. The van der Waals surface area contributed by atoms with Gasteiger partial charge in [-0.15, -0.1) is 0 Å². The van der Waals surface area contributed by atoms with E-state index in [2.05, 4.69) is 21.2 Å². The maximum Gasteiger partial charge on any atom is 0.137 e. The predicted molar refractivity (Wildman–Crippen MR) is 59.5 cm³/mol. The Balaban J connectivity index is 2.55. The van der Waals surface area contributed by atoms with Gasteiger partial charge in [-0.2, -0.15) is 0 Å². The van der Waals surface area contributed by atoms with Crippen molar-refractivity contribution in [3.8, 4) is 0 Å². The number of nitrogens with one attached hydrogen (secondary N) is 1. The van der Waals surface area contributed by atoms with Crippen LogP contribution in [0, 0.1) is 5.82 Å². The van der Waals surface area contributed by atoms with Gasteiger partial charge in [-0.3, -0.25) is 0 Å². The van der Waals surface area contributed by atoms with Gasteiger partial charge in [0.15, 0.2) is 0 Å². The Morgan fingerprint density at radius 1 is 1.57 bits per heavy atom. The molecule has 1 rings (SSSR count). The van der Waals surface area contributed by atoms with Gasteiger partial charge in [0.05, 0.1) is 4.47 Å². The minimum absolute atomic E-state index is 0.232. The van der Waals surface area contributed by atoms with Crippen molar-refractivity contribution in [1.29, 1.82) is 0 Å². The highest BCUT2D eigenvalue weighted by atomic mass is 79.9. The number of nitrogens with two attached hydrogens (primary N) is 1. The van der Waals surface area contributed by atoms with E-state index in [1.54, 1.807) is 6.07 Å². The van der Waals surface area contributed by atoms with Gasteiger partial charge in [-0.25, -0.2) is 4.39 Å². The second-order valence-corrected chi connectivity index (χ2v) is 4.12. The summed E-state index contributed by atoms with van der Waals surface area (Å²) in [4.78, 5) is 0. The smallest absolute Gasteiger partial charge is 0.137 e. The quantitative estimate of drug-likeness (QED) is 0.870. The molecule has 0 unspecified atom stereocenters. The zero-order valence-corrected chi connectivity index (χ0v) is 9.64. The molecule has 14 heavy (non-hydrogen) atoms. The van der Waals surface area contributed by atoms with Gasteiger partial charge in [0.2, 0.25) is 0 Å². The van der Waals surface area contributed by atoms with Crippen LogP contribution in [0.15, 0.2) is 22.7 Å². The Morgan fingerprint density at radius 2 is 2.29 bits per heavy atom. The summed E-state index contributed by atoms with van der Waals surface area (Å²) >= 11 is 3.11. The molecule has 1 aromatic rings. The second-order valence-electron chi connectivity index (χ2n) is 3.27. The molecule has 0 heterocycles. The van der Waals surface area contributed by atoms with Gasteiger partial charge >= 0.3 is 0 Å². The first-order valence-corrected chi connectivity index (χ1v) is 5.30. The van der Waals surface area contributed by atoms with Crippen molar-refractivity contribution in [3.63, 3.8) is 0 Å². The van der Waals surface area contributed by atoms with Gasteiger partial charge in [-0.05, 0) is 40.5 Å². The van der Waals surface area contributed by atoms with E-state index >= 15 is 0 Å². The molecular weight excluding hydrogens is 247 g/mol. The zero-order valence-electron chi connectivity index (χ0n) is 8.06. The molecule has 0 fully saturated rings. The molecule has 0 bridgehead atoms. The third-order valence-electron chi connectivity index (χ3n) is 1.99. The van der Waals surface area contributed by atoms with Crippen LogP contribution in [0.1, 0.15) is 12.5 Å². The normalized spacial score (nSPS) is 12.9. The molecule has 78 valence electrons. The lowest BCUT2D eigenvalue weighted by Crippen LogP contribution is -2.32. The SMILES string of the molecule is C[C@@H](CN)NCc1ccc(Br)c(F)c1. The molecule has 3 N–H and O–H groups in total. The van der Waals surface area contributed by atoms with Gasteiger partial charge in [0.1, 0.15) is 5.82 Å². The third kappa shape index (κ3) is 3.36. The fraction of sp³-hybridized carbons (Fsp3) is 0.400. The Morgan fingerprint density at radius 3 is 2.86 bits per heavy atom.